The fourth-order valence-electron chi connectivity index (χ4n) is 3.71. The lowest BCUT2D eigenvalue weighted by atomic mass is 10.2. The maximum absolute atomic E-state index is 12.8. The number of aliphatic hydroxyl groups excluding tert-OH is 1. The van der Waals surface area contributed by atoms with Gasteiger partial charge in [0, 0.05) is 13.1 Å². The van der Waals surface area contributed by atoms with E-state index in [-0.39, 0.29) is 32.5 Å². The van der Waals surface area contributed by atoms with E-state index in [9.17, 15) is 23.1 Å². The van der Waals surface area contributed by atoms with Gasteiger partial charge in [-0.1, -0.05) is 35.1 Å². The van der Waals surface area contributed by atoms with Crippen LogP contribution >= 0.6 is 22.9 Å². The molecule has 0 bridgehead atoms. The number of thiazole rings is 1. The van der Waals surface area contributed by atoms with Crippen molar-refractivity contribution < 1.29 is 23.1 Å². The van der Waals surface area contributed by atoms with Crippen LogP contribution in [0, 0.1) is 0 Å². The van der Waals surface area contributed by atoms with Crippen LogP contribution in [-0.2, 0) is 9.84 Å². The summed E-state index contributed by atoms with van der Waals surface area (Å²) in [7, 11) is -3.49. The van der Waals surface area contributed by atoms with Crippen LogP contribution in [0.15, 0.2) is 47.4 Å². The second-order valence-electron chi connectivity index (χ2n) is 7.95. The Morgan fingerprint density at radius 1 is 1.24 bits per heavy atom. The van der Waals surface area contributed by atoms with Gasteiger partial charge in [-0.2, -0.15) is 0 Å². The number of rotatable bonds is 7. The fourth-order valence-corrected chi connectivity index (χ4v) is 6.22. The molecule has 3 amide bonds. The highest BCUT2D eigenvalue weighted by Crippen LogP contribution is 2.29. The molecule has 1 aliphatic rings. The number of β-amino-alcohol motifs (C(OH)–C–C–N with tert-alkyl or cyclic N) is 1. The zero-order valence-electron chi connectivity index (χ0n) is 18.0. The van der Waals surface area contributed by atoms with Gasteiger partial charge < -0.3 is 10.0 Å². The first-order chi connectivity index (χ1) is 16.2. The maximum Gasteiger partial charge on any atom is 0.327 e. The standard InChI is InChI=1S/C22H23ClN4O5S2/c23-17-5-2-1-4-16(17)20(29)25-21(30)26-22-24-18-7-6-15(12-19(18)33-22)34(31,32)11-3-9-27-10-8-14(28)13-27/h1-2,4-7,12,14,28H,3,8-11,13H2,(H2,24,25,26,29,30). The molecule has 0 radical (unpaired) electrons. The molecule has 1 fully saturated rings. The van der Waals surface area contributed by atoms with Crippen molar-refractivity contribution in [1.82, 2.24) is 15.2 Å². The first-order valence-corrected chi connectivity index (χ1v) is 13.5. The van der Waals surface area contributed by atoms with Crippen LogP contribution in [-0.4, -0.2) is 66.8 Å². The predicted octanol–water partition coefficient (Wildman–Crippen LogP) is 3.14. The molecule has 34 heavy (non-hydrogen) atoms. The molecule has 0 aliphatic carbocycles. The number of nitrogens with one attached hydrogen (secondary N) is 2. The molecule has 12 heteroatoms. The Kier molecular flexibility index (Phi) is 7.48. The van der Waals surface area contributed by atoms with Gasteiger partial charge in [0.2, 0.25) is 0 Å². The van der Waals surface area contributed by atoms with Crippen molar-refractivity contribution in [2.45, 2.75) is 23.8 Å². The number of nitrogens with zero attached hydrogens (tertiary/aromatic N) is 2. The summed E-state index contributed by atoms with van der Waals surface area (Å²) < 4.78 is 26.1. The molecule has 180 valence electrons. The minimum absolute atomic E-state index is 0.00156. The highest BCUT2D eigenvalue weighted by atomic mass is 35.5. The second kappa shape index (κ2) is 10.4. The Morgan fingerprint density at radius 3 is 2.76 bits per heavy atom. The third-order valence-corrected chi connectivity index (χ3v) is 8.48. The normalized spacial score (nSPS) is 16.6. The van der Waals surface area contributed by atoms with E-state index in [4.69, 9.17) is 11.6 Å². The van der Waals surface area contributed by atoms with Crippen LogP contribution in [0.25, 0.3) is 10.2 Å². The smallest absolute Gasteiger partial charge is 0.327 e. The highest BCUT2D eigenvalue weighted by molar-refractivity contribution is 7.91. The molecule has 1 unspecified atom stereocenters. The average Bonchev–Trinajstić information content (AvgIpc) is 3.38. The van der Waals surface area contributed by atoms with Crippen LogP contribution in [0.4, 0.5) is 9.93 Å². The van der Waals surface area contributed by atoms with Gasteiger partial charge in [-0.25, -0.2) is 18.2 Å². The Balaban J connectivity index is 1.38. The summed E-state index contributed by atoms with van der Waals surface area (Å²) in [5.41, 5.74) is 0.696. The molecule has 2 heterocycles. The Morgan fingerprint density at radius 2 is 2.03 bits per heavy atom. The van der Waals surface area contributed by atoms with Crippen molar-refractivity contribution in [3.05, 3.63) is 53.1 Å². The number of imide groups is 1. The molecule has 1 atom stereocenters. The number of benzene rings is 2. The Hall–Kier alpha value is -2.57. The van der Waals surface area contributed by atoms with Crippen molar-refractivity contribution in [2.24, 2.45) is 0 Å². The number of urea groups is 1. The van der Waals surface area contributed by atoms with E-state index in [0.29, 0.717) is 29.7 Å². The number of aliphatic hydroxyl groups is 1. The van der Waals surface area contributed by atoms with E-state index in [1.807, 2.05) is 0 Å². The number of hydrogen-bond donors (Lipinski definition) is 3. The minimum Gasteiger partial charge on any atom is -0.392 e. The summed E-state index contributed by atoms with van der Waals surface area (Å²) in [4.78, 5) is 31.0. The summed E-state index contributed by atoms with van der Waals surface area (Å²) in [6.45, 7) is 1.98. The van der Waals surface area contributed by atoms with Crippen LogP contribution < -0.4 is 10.6 Å². The lowest BCUT2D eigenvalue weighted by molar-refractivity contribution is 0.0967. The molecule has 4 rings (SSSR count). The number of carbonyl (C=O) groups is 2. The molecular formula is C22H23ClN4O5S2. The van der Waals surface area contributed by atoms with E-state index in [2.05, 4.69) is 20.5 Å². The largest absolute Gasteiger partial charge is 0.392 e. The Bertz CT molecular complexity index is 1330. The topological polar surface area (TPSA) is 129 Å². The van der Waals surface area contributed by atoms with Gasteiger partial charge >= 0.3 is 6.03 Å². The van der Waals surface area contributed by atoms with Gasteiger partial charge in [-0.05, 0) is 49.7 Å². The van der Waals surface area contributed by atoms with Crippen LogP contribution in [0.1, 0.15) is 23.2 Å². The van der Waals surface area contributed by atoms with Crippen molar-refractivity contribution in [1.29, 1.82) is 0 Å². The number of carbonyl (C=O) groups excluding carboxylic acids is 2. The second-order valence-corrected chi connectivity index (χ2v) is 11.5. The monoisotopic (exact) mass is 522 g/mol. The number of fused-ring (bicyclic) bond motifs is 1. The van der Waals surface area contributed by atoms with Crippen molar-refractivity contribution in [3.8, 4) is 0 Å². The third-order valence-electron chi connectivity index (χ3n) is 5.42. The zero-order valence-corrected chi connectivity index (χ0v) is 20.4. The number of halogens is 1. The van der Waals surface area contributed by atoms with E-state index >= 15 is 0 Å². The van der Waals surface area contributed by atoms with Crippen LogP contribution in [0.2, 0.25) is 5.02 Å². The SMILES string of the molecule is O=C(NC(=O)c1ccccc1Cl)Nc1nc2ccc(S(=O)(=O)CCCN3CCC(O)C3)cc2s1. The molecule has 2 aromatic carbocycles. The van der Waals surface area contributed by atoms with Gasteiger partial charge in [-0.3, -0.25) is 15.4 Å². The number of hydrogen-bond acceptors (Lipinski definition) is 8. The van der Waals surface area contributed by atoms with Crippen molar-refractivity contribution >= 4 is 60.1 Å². The van der Waals surface area contributed by atoms with Gasteiger partial charge in [0.25, 0.3) is 5.91 Å². The summed E-state index contributed by atoms with van der Waals surface area (Å²) >= 11 is 7.08. The molecule has 9 nitrogen and oxygen atoms in total. The molecule has 1 saturated heterocycles. The van der Waals surface area contributed by atoms with Gasteiger partial charge in [0.15, 0.2) is 15.0 Å². The van der Waals surface area contributed by atoms with Crippen molar-refractivity contribution in [3.63, 3.8) is 0 Å². The molecule has 3 N–H and O–H groups in total. The number of amides is 3. The molecule has 1 aromatic heterocycles. The number of likely N-dealkylation sites (tertiary alicyclic amines) is 1. The summed E-state index contributed by atoms with van der Waals surface area (Å²) in [5.74, 6) is -0.650. The van der Waals surface area contributed by atoms with E-state index in [0.717, 1.165) is 24.3 Å². The lowest BCUT2D eigenvalue weighted by Gasteiger charge is -2.14. The molecule has 0 spiro atoms. The molecular weight excluding hydrogens is 500 g/mol. The first kappa shape index (κ1) is 24.6. The predicted molar refractivity (Wildman–Crippen MR) is 131 cm³/mol. The Labute approximate surface area is 205 Å². The minimum atomic E-state index is -3.49. The molecule has 3 aromatic rings. The fraction of sp³-hybridized carbons (Fsp3) is 0.318. The summed E-state index contributed by atoms with van der Waals surface area (Å²) in [6.07, 6.45) is 0.865. The van der Waals surface area contributed by atoms with Gasteiger partial charge in [-0.15, -0.1) is 0 Å². The quantitative estimate of drug-likeness (QED) is 0.434. The number of aromatic nitrogens is 1. The highest BCUT2D eigenvalue weighted by Gasteiger charge is 2.22. The van der Waals surface area contributed by atoms with Gasteiger partial charge in [0.05, 0.1) is 37.6 Å². The third kappa shape index (κ3) is 5.91. The molecule has 0 saturated carbocycles. The van der Waals surface area contributed by atoms with Crippen LogP contribution in [0.3, 0.4) is 0 Å². The lowest BCUT2D eigenvalue weighted by Crippen LogP contribution is -2.34. The average molecular weight is 523 g/mol. The first-order valence-electron chi connectivity index (χ1n) is 10.6. The number of sulfone groups is 1. The van der Waals surface area contributed by atoms with E-state index in [1.165, 1.54) is 12.1 Å². The van der Waals surface area contributed by atoms with Crippen LogP contribution in [0.5, 0.6) is 0 Å². The summed E-state index contributed by atoms with van der Waals surface area (Å²) in [5, 5.41) is 14.7. The number of anilines is 1. The summed E-state index contributed by atoms with van der Waals surface area (Å²) in [6, 6.07) is 10.2. The maximum atomic E-state index is 12.8. The van der Waals surface area contributed by atoms with Gasteiger partial charge in [0.1, 0.15) is 0 Å². The zero-order chi connectivity index (χ0) is 24.3. The van der Waals surface area contributed by atoms with E-state index in [1.54, 1.807) is 30.3 Å². The molecule has 1 aliphatic heterocycles. The van der Waals surface area contributed by atoms with Crippen molar-refractivity contribution in [2.75, 3.05) is 30.7 Å². The van der Waals surface area contributed by atoms with E-state index < -0.39 is 21.8 Å².